The molecule has 1 fully saturated rings. The molecule has 3 aromatic heterocycles. The van der Waals surface area contributed by atoms with Crippen LogP contribution in [0.5, 0.6) is 0 Å². The van der Waals surface area contributed by atoms with Gasteiger partial charge in [0.05, 0.1) is 23.5 Å². The molecule has 1 aliphatic rings. The minimum absolute atomic E-state index is 0.251. The molecule has 0 aromatic carbocycles. The van der Waals surface area contributed by atoms with Crippen LogP contribution in [0.1, 0.15) is 37.6 Å². The van der Waals surface area contributed by atoms with Crippen LogP contribution in [-0.4, -0.2) is 43.1 Å². The highest BCUT2D eigenvalue weighted by atomic mass is 19.1. The smallest absolute Gasteiger partial charge is 0.413 e. The van der Waals surface area contributed by atoms with Crippen LogP contribution in [0.25, 0.3) is 11.4 Å². The molecule has 0 saturated heterocycles. The van der Waals surface area contributed by atoms with Gasteiger partial charge in [-0.25, -0.2) is 13.9 Å². The fourth-order valence-corrected chi connectivity index (χ4v) is 3.41. The second-order valence-corrected chi connectivity index (χ2v) is 7.76. The summed E-state index contributed by atoms with van der Waals surface area (Å²) >= 11 is 0. The third-order valence-corrected chi connectivity index (χ3v) is 5.35. The van der Waals surface area contributed by atoms with Crippen LogP contribution in [0.2, 0.25) is 0 Å². The van der Waals surface area contributed by atoms with Crippen LogP contribution in [0.4, 0.5) is 20.7 Å². The molecule has 0 radical (unpaired) electrons. The van der Waals surface area contributed by atoms with Gasteiger partial charge in [0, 0.05) is 24.5 Å². The fraction of sp³-hybridized carbons (Fsp3) is 0.364. The molecule has 3 heterocycles. The summed E-state index contributed by atoms with van der Waals surface area (Å²) in [6.07, 6.45) is 1.87. The minimum atomic E-state index is -1.07. The predicted octanol–water partition coefficient (Wildman–Crippen LogP) is 3.44. The average molecular weight is 453 g/mol. The summed E-state index contributed by atoms with van der Waals surface area (Å²) in [5, 5.41) is 13.3. The first kappa shape index (κ1) is 22.3. The monoisotopic (exact) mass is 453 g/mol. The lowest BCUT2D eigenvalue weighted by Gasteiger charge is -2.16. The topological polar surface area (TPSA) is 124 Å². The maximum absolute atomic E-state index is 13.0. The lowest BCUT2D eigenvalue weighted by atomic mass is 10.1. The Bertz CT molecular complexity index is 1170. The van der Waals surface area contributed by atoms with Crippen LogP contribution in [-0.2, 0) is 23.0 Å². The number of rotatable bonds is 7. The van der Waals surface area contributed by atoms with Gasteiger partial charge in [0.2, 0.25) is 5.91 Å². The van der Waals surface area contributed by atoms with E-state index < -0.39 is 24.3 Å². The molecule has 3 aromatic rings. The van der Waals surface area contributed by atoms with Gasteiger partial charge in [-0.2, -0.15) is 0 Å². The summed E-state index contributed by atoms with van der Waals surface area (Å²) in [5.41, 5.74) is 2.91. The number of carbonyl (C=O) groups excluding carboxylic acids is 2. The zero-order valence-electron chi connectivity index (χ0n) is 18.4. The van der Waals surface area contributed by atoms with Gasteiger partial charge in [0.1, 0.15) is 12.3 Å². The van der Waals surface area contributed by atoms with E-state index in [2.05, 4.69) is 30.9 Å². The first-order valence-corrected chi connectivity index (χ1v) is 10.6. The Hall–Kier alpha value is -3.89. The Morgan fingerprint density at radius 3 is 2.73 bits per heavy atom. The second-order valence-electron chi connectivity index (χ2n) is 7.76. The Morgan fingerprint density at radius 1 is 1.27 bits per heavy atom. The number of aromatic nitrogens is 5. The number of halogens is 1. The van der Waals surface area contributed by atoms with E-state index in [1.54, 1.807) is 38.4 Å². The molecule has 0 unspecified atom stereocenters. The lowest BCUT2D eigenvalue weighted by Crippen LogP contribution is -2.19. The van der Waals surface area contributed by atoms with Crippen LogP contribution in [0, 0.1) is 5.92 Å². The molecule has 33 heavy (non-hydrogen) atoms. The molecule has 1 aliphatic carbocycles. The van der Waals surface area contributed by atoms with E-state index in [0.717, 1.165) is 17.7 Å². The van der Waals surface area contributed by atoms with Gasteiger partial charge in [0.25, 0.3) is 0 Å². The Labute approximate surface area is 189 Å². The van der Waals surface area contributed by atoms with Crippen LogP contribution in [0.3, 0.4) is 0 Å². The van der Waals surface area contributed by atoms with Gasteiger partial charge in [0.15, 0.2) is 11.5 Å². The van der Waals surface area contributed by atoms with E-state index in [1.165, 1.54) is 10.9 Å². The zero-order chi connectivity index (χ0) is 23.5. The van der Waals surface area contributed by atoms with Crippen LogP contribution < -0.4 is 10.6 Å². The molecule has 3 atom stereocenters. The Kier molecular flexibility index (Phi) is 6.29. The molecule has 1 saturated carbocycles. The van der Waals surface area contributed by atoms with Gasteiger partial charge in [-0.3, -0.25) is 20.1 Å². The number of alkyl halides is 1. The quantitative estimate of drug-likeness (QED) is 0.561. The molecule has 2 N–H and O–H groups in total. The summed E-state index contributed by atoms with van der Waals surface area (Å²) in [4.78, 5) is 33.1. The van der Waals surface area contributed by atoms with E-state index in [-0.39, 0.29) is 12.3 Å². The zero-order valence-corrected chi connectivity index (χ0v) is 18.4. The Balaban J connectivity index is 1.44. The number of ether oxygens (including phenoxy) is 1. The summed E-state index contributed by atoms with van der Waals surface area (Å²) in [5.74, 6) is -0.652. The maximum Gasteiger partial charge on any atom is 0.413 e. The average Bonchev–Trinajstić information content (AvgIpc) is 3.45. The van der Waals surface area contributed by atoms with Crippen molar-refractivity contribution >= 4 is 23.5 Å². The maximum atomic E-state index is 13.0. The number of anilines is 2. The third kappa shape index (κ3) is 4.97. The van der Waals surface area contributed by atoms with Crippen molar-refractivity contribution in [3.05, 3.63) is 47.9 Å². The van der Waals surface area contributed by atoms with Gasteiger partial charge >= 0.3 is 6.09 Å². The van der Waals surface area contributed by atoms with Crippen molar-refractivity contribution in [2.75, 3.05) is 10.6 Å². The second kappa shape index (κ2) is 9.31. The van der Waals surface area contributed by atoms with Crippen LogP contribution >= 0.6 is 0 Å². The molecular weight excluding hydrogens is 429 g/mol. The molecule has 0 aliphatic heterocycles. The van der Waals surface area contributed by atoms with Crippen molar-refractivity contribution in [2.45, 2.75) is 39.0 Å². The standard InChI is InChI=1S/C22H24FN7O3/c1-4-17-14(6-5-9-24-17)12(2)33-22(32)27-20-19(28-29-30(20)3)18-8-7-13(11-25-18)26-21(31)15-10-16(15)23/h5-9,11-12,15-16H,4,10H2,1-3H3,(H,26,31)(H,27,32)/t12-,15+,16-/m1/s1. The van der Waals surface area contributed by atoms with E-state index in [1.807, 2.05) is 13.0 Å². The SMILES string of the molecule is CCc1ncccc1[C@@H](C)OC(=O)Nc1c(-c2ccc(NC(=O)[C@H]3C[C@H]3F)cn2)nnn1C. The van der Waals surface area contributed by atoms with Crippen molar-refractivity contribution < 1.29 is 18.7 Å². The van der Waals surface area contributed by atoms with Crippen molar-refractivity contribution in [1.82, 2.24) is 25.0 Å². The number of nitrogens with zero attached hydrogens (tertiary/aromatic N) is 5. The summed E-state index contributed by atoms with van der Waals surface area (Å²) in [6, 6.07) is 6.93. The van der Waals surface area contributed by atoms with E-state index >= 15 is 0 Å². The van der Waals surface area contributed by atoms with E-state index in [0.29, 0.717) is 22.9 Å². The van der Waals surface area contributed by atoms with E-state index in [9.17, 15) is 14.0 Å². The van der Waals surface area contributed by atoms with E-state index in [4.69, 9.17) is 4.74 Å². The fourth-order valence-electron chi connectivity index (χ4n) is 3.41. The minimum Gasteiger partial charge on any atom is -0.441 e. The number of aryl methyl sites for hydroxylation is 2. The van der Waals surface area contributed by atoms with Gasteiger partial charge in [-0.05, 0) is 38.0 Å². The number of hydrogen-bond donors (Lipinski definition) is 2. The van der Waals surface area contributed by atoms with Crippen molar-refractivity contribution in [2.24, 2.45) is 13.0 Å². The molecule has 0 bridgehead atoms. The largest absolute Gasteiger partial charge is 0.441 e. The molecule has 10 nitrogen and oxygen atoms in total. The molecule has 2 amide bonds. The number of nitrogens with one attached hydrogen (secondary N) is 2. The normalized spacial score (nSPS) is 17.8. The van der Waals surface area contributed by atoms with Crippen molar-refractivity contribution in [3.8, 4) is 11.4 Å². The Morgan fingerprint density at radius 2 is 2.06 bits per heavy atom. The number of pyridine rings is 2. The highest BCUT2D eigenvalue weighted by Crippen LogP contribution is 2.34. The summed E-state index contributed by atoms with van der Waals surface area (Å²) in [6.45, 7) is 3.76. The molecule has 172 valence electrons. The summed E-state index contributed by atoms with van der Waals surface area (Å²) < 4.78 is 20.0. The number of carbonyl (C=O) groups is 2. The van der Waals surface area contributed by atoms with Crippen LogP contribution in [0.15, 0.2) is 36.7 Å². The van der Waals surface area contributed by atoms with Crippen molar-refractivity contribution in [1.29, 1.82) is 0 Å². The van der Waals surface area contributed by atoms with Gasteiger partial charge in [-0.1, -0.05) is 18.2 Å². The first-order valence-electron chi connectivity index (χ1n) is 10.6. The van der Waals surface area contributed by atoms with Crippen molar-refractivity contribution in [3.63, 3.8) is 0 Å². The molecule has 11 heteroatoms. The lowest BCUT2D eigenvalue weighted by molar-refractivity contribution is -0.117. The number of amides is 2. The predicted molar refractivity (Wildman–Crippen MR) is 118 cm³/mol. The molecule has 0 spiro atoms. The first-order chi connectivity index (χ1) is 15.9. The van der Waals surface area contributed by atoms with Gasteiger partial charge < -0.3 is 10.1 Å². The number of hydrogen-bond acceptors (Lipinski definition) is 7. The molecular formula is C22H24FN7O3. The highest BCUT2D eigenvalue weighted by molar-refractivity contribution is 5.95. The molecule has 4 rings (SSSR count). The summed E-state index contributed by atoms with van der Waals surface area (Å²) in [7, 11) is 1.63. The highest BCUT2D eigenvalue weighted by Gasteiger charge is 2.43. The van der Waals surface area contributed by atoms with Gasteiger partial charge in [-0.15, -0.1) is 5.10 Å². The third-order valence-electron chi connectivity index (χ3n) is 5.35.